The van der Waals surface area contributed by atoms with Crippen molar-refractivity contribution in [3.8, 4) is 5.75 Å². The number of rotatable bonds is 5. The minimum atomic E-state index is -0.485. The average molecular weight is 383 g/mol. The number of para-hydroxylation sites is 1. The van der Waals surface area contributed by atoms with Crippen molar-refractivity contribution in [1.29, 1.82) is 0 Å². The van der Waals surface area contributed by atoms with Crippen molar-refractivity contribution in [3.63, 3.8) is 0 Å². The molecular formula is C18H13N3O5S. The molecule has 0 spiro atoms. The zero-order valence-corrected chi connectivity index (χ0v) is 14.9. The summed E-state index contributed by atoms with van der Waals surface area (Å²) in [5.74, 6) is 0.242. The Morgan fingerprint density at radius 1 is 1.33 bits per heavy atom. The first-order valence-corrected chi connectivity index (χ1v) is 8.88. The van der Waals surface area contributed by atoms with Crippen molar-refractivity contribution in [2.75, 3.05) is 11.9 Å². The van der Waals surface area contributed by atoms with E-state index in [9.17, 15) is 14.9 Å². The van der Waals surface area contributed by atoms with Gasteiger partial charge in [0, 0.05) is 17.5 Å². The molecule has 2 aromatic heterocycles. The lowest BCUT2D eigenvalue weighted by atomic mass is 10.2. The highest BCUT2D eigenvalue weighted by atomic mass is 32.1. The smallest absolute Gasteiger partial charge is 0.293 e. The molecule has 27 heavy (non-hydrogen) atoms. The van der Waals surface area contributed by atoms with E-state index in [4.69, 9.17) is 9.15 Å². The molecule has 4 aromatic rings. The van der Waals surface area contributed by atoms with E-state index in [-0.39, 0.29) is 11.4 Å². The van der Waals surface area contributed by atoms with Crippen LogP contribution in [0.3, 0.4) is 0 Å². The quantitative estimate of drug-likeness (QED) is 0.398. The summed E-state index contributed by atoms with van der Waals surface area (Å²) < 4.78 is 11.9. The van der Waals surface area contributed by atoms with E-state index in [1.165, 1.54) is 23.5 Å². The number of hydrogen-bond acceptors (Lipinski definition) is 7. The number of carbonyl (C=O) groups excluding carboxylic acids is 1. The summed E-state index contributed by atoms with van der Waals surface area (Å²) in [6.07, 6.45) is 0. The summed E-state index contributed by atoms with van der Waals surface area (Å²) in [4.78, 5) is 27.1. The number of carbonyl (C=O) groups is 1. The number of hydrogen-bond donors (Lipinski definition) is 1. The van der Waals surface area contributed by atoms with Gasteiger partial charge in [-0.15, -0.1) is 0 Å². The van der Waals surface area contributed by atoms with Crippen molar-refractivity contribution >= 4 is 49.2 Å². The monoisotopic (exact) mass is 383 g/mol. The average Bonchev–Trinajstić information content (AvgIpc) is 3.25. The number of fused-ring (bicyclic) bond motifs is 2. The Bertz CT molecular complexity index is 1180. The highest BCUT2D eigenvalue weighted by molar-refractivity contribution is 7.22. The molecule has 4 rings (SSSR count). The number of nitrogens with zero attached hydrogens (tertiary/aromatic N) is 2. The summed E-state index contributed by atoms with van der Waals surface area (Å²) in [5, 5.41) is 14.6. The number of anilines is 1. The van der Waals surface area contributed by atoms with Gasteiger partial charge in [-0.3, -0.25) is 20.2 Å². The molecule has 0 atom stereocenters. The third-order valence-corrected chi connectivity index (χ3v) is 4.79. The third kappa shape index (κ3) is 3.20. The van der Waals surface area contributed by atoms with Crippen LogP contribution in [0.1, 0.15) is 17.5 Å². The van der Waals surface area contributed by atoms with E-state index in [1.54, 1.807) is 18.2 Å². The second-order valence-electron chi connectivity index (χ2n) is 5.60. The van der Waals surface area contributed by atoms with Crippen LogP contribution in [0, 0.1) is 10.1 Å². The van der Waals surface area contributed by atoms with Gasteiger partial charge in [-0.2, -0.15) is 0 Å². The number of nitrogens with one attached hydrogen (secondary N) is 1. The van der Waals surface area contributed by atoms with Gasteiger partial charge in [0.15, 0.2) is 22.2 Å². The van der Waals surface area contributed by atoms with Crippen molar-refractivity contribution in [2.24, 2.45) is 0 Å². The van der Waals surface area contributed by atoms with E-state index in [1.807, 2.05) is 19.1 Å². The van der Waals surface area contributed by atoms with Gasteiger partial charge in [0.1, 0.15) is 0 Å². The maximum absolute atomic E-state index is 12.5. The fourth-order valence-corrected chi connectivity index (χ4v) is 3.50. The van der Waals surface area contributed by atoms with Crippen LogP contribution in [0.5, 0.6) is 5.75 Å². The molecule has 9 heteroatoms. The predicted octanol–water partition coefficient (Wildman–Crippen LogP) is 4.60. The molecule has 8 nitrogen and oxygen atoms in total. The molecule has 1 N–H and O–H groups in total. The lowest BCUT2D eigenvalue weighted by Crippen LogP contribution is -2.10. The number of benzene rings is 2. The minimum absolute atomic E-state index is 0.0496. The number of ether oxygens (including phenoxy) is 1. The van der Waals surface area contributed by atoms with E-state index >= 15 is 0 Å². The van der Waals surface area contributed by atoms with Gasteiger partial charge in [0.05, 0.1) is 21.7 Å². The fourth-order valence-electron chi connectivity index (χ4n) is 2.66. The van der Waals surface area contributed by atoms with Gasteiger partial charge in [-0.1, -0.05) is 23.5 Å². The first kappa shape index (κ1) is 17.0. The zero-order chi connectivity index (χ0) is 19.0. The normalized spacial score (nSPS) is 11.0. The zero-order valence-electron chi connectivity index (χ0n) is 14.1. The largest absolute Gasteiger partial charge is 0.490 e. The molecule has 0 fully saturated rings. The van der Waals surface area contributed by atoms with Gasteiger partial charge in [-0.25, -0.2) is 4.98 Å². The molecule has 0 saturated carbocycles. The molecule has 136 valence electrons. The van der Waals surface area contributed by atoms with Crippen LogP contribution in [0.15, 0.2) is 46.9 Å². The van der Waals surface area contributed by atoms with Crippen LogP contribution in [0.25, 0.3) is 21.2 Å². The third-order valence-electron chi connectivity index (χ3n) is 3.83. The Balaban J connectivity index is 1.62. The number of nitro benzene ring substituents is 1. The second kappa shape index (κ2) is 6.69. The van der Waals surface area contributed by atoms with Gasteiger partial charge in [-0.05, 0) is 25.1 Å². The molecule has 2 heterocycles. The maximum atomic E-state index is 12.5. The molecule has 0 unspecified atom stereocenters. The lowest BCUT2D eigenvalue weighted by molar-refractivity contribution is -0.384. The topological polar surface area (TPSA) is 108 Å². The van der Waals surface area contributed by atoms with E-state index in [0.717, 1.165) is 10.1 Å². The Kier molecular flexibility index (Phi) is 4.21. The summed E-state index contributed by atoms with van der Waals surface area (Å²) >= 11 is 1.23. The molecule has 0 radical (unpaired) electrons. The minimum Gasteiger partial charge on any atom is -0.490 e. The Hall–Kier alpha value is -3.46. The molecule has 0 aliphatic rings. The van der Waals surface area contributed by atoms with Crippen molar-refractivity contribution in [3.05, 3.63) is 58.3 Å². The predicted molar refractivity (Wildman–Crippen MR) is 102 cm³/mol. The molecule has 0 aliphatic heterocycles. The van der Waals surface area contributed by atoms with Crippen LogP contribution in [0.4, 0.5) is 10.8 Å². The number of thiazole rings is 1. The first-order valence-electron chi connectivity index (χ1n) is 8.07. The Morgan fingerprint density at radius 3 is 2.96 bits per heavy atom. The van der Waals surface area contributed by atoms with E-state index in [0.29, 0.717) is 28.6 Å². The van der Waals surface area contributed by atoms with Crippen LogP contribution < -0.4 is 10.1 Å². The Labute approximate surface area is 156 Å². The summed E-state index contributed by atoms with van der Waals surface area (Å²) in [6, 6.07) is 11.4. The summed E-state index contributed by atoms with van der Waals surface area (Å²) in [7, 11) is 0. The van der Waals surface area contributed by atoms with Crippen LogP contribution >= 0.6 is 11.3 Å². The standard InChI is InChI=1S/C18H13N3O5S/c1-2-25-13-5-3-4-10-8-14(26-16(10)13)17(22)20-18-19-12-9-11(21(23)24)6-7-15(12)27-18/h3-9H,2H2,1H3,(H,19,20,22). The van der Waals surface area contributed by atoms with Gasteiger partial charge in [0.25, 0.3) is 11.6 Å². The molecule has 0 saturated heterocycles. The first-order chi connectivity index (χ1) is 13.0. The second-order valence-corrected chi connectivity index (χ2v) is 6.63. The fraction of sp³-hybridized carbons (Fsp3) is 0.111. The van der Waals surface area contributed by atoms with Crippen LogP contribution in [-0.4, -0.2) is 22.4 Å². The van der Waals surface area contributed by atoms with Crippen molar-refractivity contribution in [2.45, 2.75) is 6.92 Å². The lowest BCUT2D eigenvalue weighted by Gasteiger charge is -2.02. The summed E-state index contributed by atoms with van der Waals surface area (Å²) in [5.41, 5.74) is 0.906. The maximum Gasteiger partial charge on any atom is 0.293 e. The molecule has 1 amide bonds. The highest BCUT2D eigenvalue weighted by Crippen LogP contribution is 2.31. The molecular weight excluding hydrogens is 370 g/mol. The molecule has 0 aliphatic carbocycles. The number of nitro groups is 1. The van der Waals surface area contributed by atoms with Crippen LogP contribution in [-0.2, 0) is 0 Å². The van der Waals surface area contributed by atoms with Crippen molar-refractivity contribution < 1.29 is 18.9 Å². The number of furan rings is 1. The summed E-state index contributed by atoms with van der Waals surface area (Å²) in [6.45, 7) is 2.35. The molecule has 2 aromatic carbocycles. The molecule has 0 bridgehead atoms. The van der Waals surface area contributed by atoms with E-state index in [2.05, 4.69) is 10.3 Å². The van der Waals surface area contributed by atoms with Gasteiger partial charge >= 0.3 is 0 Å². The van der Waals surface area contributed by atoms with Gasteiger partial charge < -0.3 is 9.15 Å². The highest BCUT2D eigenvalue weighted by Gasteiger charge is 2.17. The van der Waals surface area contributed by atoms with Crippen molar-refractivity contribution in [1.82, 2.24) is 4.98 Å². The Morgan fingerprint density at radius 2 is 2.19 bits per heavy atom. The number of aromatic nitrogens is 1. The van der Waals surface area contributed by atoms with Gasteiger partial charge in [0.2, 0.25) is 0 Å². The van der Waals surface area contributed by atoms with E-state index < -0.39 is 10.8 Å². The number of non-ortho nitro benzene ring substituents is 1. The number of amides is 1. The SMILES string of the molecule is CCOc1cccc2cc(C(=O)Nc3nc4cc([N+](=O)[O-])ccc4s3)oc12. The van der Waals surface area contributed by atoms with Crippen LogP contribution in [0.2, 0.25) is 0 Å².